The van der Waals surface area contributed by atoms with Crippen molar-refractivity contribution in [3.8, 4) is 0 Å². The predicted octanol–water partition coefficient (Wildman–Crippen LogP) is 4.67. The number of aliphatic hydroxyl groups is 1. The van der Waals surface area contributed by atoms with E-state index in [9.17, 15) is 9.50 Å². The Morgan fingerprint density at radius 1 is 1.24 bits per heavy atom. The molecule has 1 aliphatic rings. The Labute approximate surface area is 128 Å². The Hall–Kier alpha value is -1.09. The van der Waals surface area contributed by atoms with Gasteiger partial charge < -0.3 is 10.0 Å². The number of halogens is 1. The fraction of sp³-hybridized carbons (Fsp3) is 0.667. The molecule has 1 aromatic carbocycles. The Balaban J connectivity index is 2.22. The summed E-state index contributed by atoms with van der Waals surface area (Å²) in [5, 5.41) is 9.59. The predicted molar refractivity (Wildman–Crippen MR) is 86.1 cm³/mol. The van der Waals surface area contributed by atoms with Crippen molar-refractivity contribution in [1.82, 2.24) is 0 Å². The van der Waals surface area contributed by atoms with Gasteiger partial charge in [0.2, 0.25) is 0 Å². The summed E-state index contributed by atoms with van der Waals surface area (Å²) in [6.45, 7) is 6.99. The van der Waals surface area contributed by atoms with E-state index >= 15 is 0 Å². The molecule has 0 aromatic heterocycles. The maximum atomic E-state index is 14.5. The van der Waals surface area contributed by atoms with Crippen molar-refractivity contribution in [3.63, 3.8) is 0 Å². The zero-order chi connectivity index (χ0) is 15.4. The van der Waals surface area contributed by atoms with Gasteiger partial charge in [0.1, 0.15) is 5.82 Å². The highest BCUT2D eigenvalue weighted by molar-refractivity contribution is 5.50. The Bertz CT molecular complexity index is 453. The summed E-state index contributed by atoms with van der Waals surface area (Å²) in [5.41, 5.74) is 1.35. The maximum absolute atomic E-state index is 14.5. The summed E-state index contributed by atoms with van der Waals surface area (Å²) in [4.78, 5) is 2.26. The molecule has 1 atom stereocenters. The molecule has 0 heterocycles. The standard InChI is InChI=1S/C18H28FNO/c1-13(2)10-11-20(16-6-4-5-7-16)18-9-8-15(14(3)21)12-17(18)19/h8-9,12-14,16,21H,4-7,10-11H2,1-3H3. The molecular weight excluding hydrogens is 265 g/mol. The van der Waals surface area contributed by atoms with Gasteiger partial charge in [0.15, 0.2) is 0 Å². The molecule has 1 saturated carbocycles. The minimum absolute atomic E-state index is 0.205. The van der Waals surface area contributed by atoms with E-state index in [1.807, 2.05) is 12.1 Å². The van der Waals surface area contributed by atoms with Crippen LogP contribution in [-0.4, -0.2) is 17.7 Å². The van der Waals surface area contributed by atoms with Crippen molar-refractivity contribution >= 4 is 5.69 Å². The van der Waals surface area contributed by atoms with Crippen LogP contribution in [0.3, 0.4) is 0 Å². The first-order chi connectivity index (χ1) is 9.99. The van der Waals surface area contributed by atoms with Gasteiger partial charge in [-0.05, 0) is 49.8 Å². The van der Waals surface area contributed by atoms with Gasteiger partial charge in [-0.2, -0.15) is 0 Å². The van der Waals surface area contributed by atoms with E-state index in [0.29, 0.717) is 23.2 Å². The number of nitrogens with zero attached hydrogens (tertiary/aromatic N) is 1. The van der Waals surface area contributed by atoms with Crippen LogP contribution in [0, 0.1) is 11.7 Å². The lowest BCUT2D eigenvalue weighted by atomic mass is 10.1. The molecule has 2 rings (SSSR count). The van der Waals surface area contributed by atoms with E-state index in [-0.39, 0.29) is 5.82 Å². The van der Waals surface area contributed by atoms with Gasteiger partial charge in [0.05, 0.1) is 11.8 Å². The van der Waals surface area contributed by atoms with Crippen molar-refractivity contribution in [2.24, 2.45) is 5.92 Å². The average Bonchev–Trinajstić information content (AvgIpc) is 2.94. The summed E-state index contributed by atoms with van der Waals surface area (Å²) in [7, 11) is 0. The van der Waals surface area contributed by atoms with E-state index in [0.717, 1.165) is 25.8 Å². The smallest absolute Gasteiger partial charge is 0.146 e. The number of hydrogen-bond donors (Lipinski definition) is 1. The van der Waals surface area contributed by atoms with Gasteiger partial charge in [0, 0.05) is 12.6 Å². The van der Waals surface area contributed by atoms with Gasteiger partial charge in [-0.25, -0.2) is 4.39 Å². The molecule has 1 unspecified atom stereocenters. The molecule has 1 aliphatic carbocycles. The number of anilines is 1. The van der Waals surface area contributed by atoms with E-state index in [1.54, 1.807) is 6.92 Å². The van der Waals surface area contributed by atoms with E-state index in [1.165, 1.54) is 18.9 Å². The minimum Gasteiger partial charge on any atom is -0.389 e. The van der Waals surface area contributed by atoms with Gasteiger partial charge in [-0.3, -0.25) is 0 Å². The molecule has 2 nitrogen and oxygen atoms in total. The van der Waals surface area contributed by atoms with Crippen molar-refractivity contribution in [1.29, 1.82) is 0 Å². The Morgan fingerprint density at radius 2 is 1.90 bits per heavy atom. The third kappa shape index (κ3) is 4.19. The zero-order valence-corrected chi connectivity index (χ0v) is 13.5. The summed E-state index contributed by atoms with van der Waals surface area (Å²) in [6, 6.07) is 5.64. The molecule has 1 aromatic rings. The molecule has 1 fully saturated rings. The quantitative estimate of drug-likeness (QED) is 0.823. The third-order valence-corrected chi connectivity index (χ3v) is 4.48. The van der Waals surface area contributed by atoms with Crippen LogP contribution in [0.1, 0.15) is 64.5 Å². The largest absolute Gasteiger partial charge is 0.389 e. The number of benzene rings is 1. The molecule has 0 bridgehead atoms. The summed E-state index contributed by atoms with van der Waals surface area (Å²) in [6.07, 6.45) is 5.27. The normalized spacial score (nSPS) is 17.4. The van der Waals surface area contributed by atoms with Crippen molar-refractivity contribution in [2.45, 2.75) is 65.0 Å². The Morgan fingerprint density at radius 3 is 2.43 bits per heavy atom. The molecule has 0 aliphatic heterocycles. The van der Waals surface area contributed by atoms with E-state index in [4.69, 9.17) is 0 Å². The van der Waals surface area contributed by atoms with Crippen LogP contribution < -0.4 is 4.90 Å². The van der Waals surface area contributed by atoms with Crippen LogP contribution in [-0.2, 0) is 0 Å². The highest BCUT2D eigenvalue weighted by Gasteiger charge is 2.25. The number of rotatable bonds is 6. The first-order valence-electron chi connectivity index (χ1n) is 8.23. The van der Waals surface area contributed by atoms with E-state index < -0.39 is 6.10 Å². The van der Waals surface area contributed by atoms with Crippen LogP contribution in [0.2, 0.25) is 0 Å². The first kappa shape index (κ1) is 16.3. The van der Waals surface area contributed by atoms with Gasteiger partial charge in [0.25, 0.3) is 0 Å². The van der Waals surface area contributed by atoms with Crippen LogP contribution >= 0.6 is 0 Å². The molecule has 0 amide bonds. The fourth-order valence-corrected chi connectivity index (χ4v) is 3.13. The van der Waals surface area contributed by atoms with Crippen LogP contribution in [0.5, 0.6) is 0 Å². The number of aliphatic hydroxyl groups excluding tert-OH is 1. The van der Waals surface area contributed by atoms with Crippen LogP contribution in [0.4, 0.5) is 10.1 Å². The highest BCUT2D eigenvalue weighted by atomic mass is 19.1. The molecule has 21 heavy (non-hydrogen) atoms. The fourth-order valence-electron chi connectivity index (χ4n) is 3.13. The molecule has 0 spiro atoms. The molecule has 1 N–H and O–H groups in total. The molecule has 3 heteroatoms. The van der Waals surface area contributed by atoms with Crippen LogP contribution in [0.15, 0.2) is 18.2 Å². The van der Waals surface area contributed by atoms with Crippen molar-refractivity contribution in [3.05, 3.63) is 29.6 Å². The molecule has 118 valence electrons. The second kappa shape index (κ2) is 7.26. The second-order valence-electron chi connectivity index (χ2n) is 6.70. The number of hydrogen-bond acceptors (Lipinski definition) is 2. The van der Waals surface area contributed by atoms with Crippen molar-refractivity contribution < 1.29 is 9.50 Å². The lowest BCUT2D eigenvalue weighted by Crippen LogP contribution is -2.35. The van der Waals surface area contributed by atoms with E-state index in [2.05, 4.69) is 18.7 Å². The van der Waals surface area contributed by atoms with Gasteiger partial charge in [-0.15, -0.1) is 0 Å². The average molecular weight is 293 g/mol. The topological polar surface area (TPSA) is 23.5 Å². The lowest BCUT2D eigenvalue weighted by molar-refractivity contribution is 0.199. The highest BCUT2D eigenvalue weighted by Crippen LogP contribution is 2.31. The zero-order valence-electron chi connectivity index (χ0n) is 13.5. The molecule has 0 saturated heterocycles. The monoisotopic (exact) mass is 293 g/mol. The minimum atomic E-state index is -0.621. The molecule has 0 radical (unpaired) electrons. The summed E-state index contributed by atoms with van der Waals surface area (Å²) in [5.74, 6) is 0.415. The summed E-state index contributed by atoms with van der Waals surface area (Å²) < 4.78 is 14.5. The maximum Gasteiger partial charge on any atom is 0.146 e. The Kier molecular flexibility index (Phi) is 5.63. The van der Waals surface area contributed by atoms with Crippen LogP contribution in [0.25, 0.3) is 0 Å². The second-order valence-corrected chi connectivity index (χ2v) is 6.70. The van der Waals surface area contributed by atoms with Crippen molar-refractivity contribution in [2.75, 3.05) is 11.4 Å². The first-order valence-corrected chi connectivity index (χ1v) is 8.23. The summed E-state index contributed by atoms with van der Waals surface area (Å²) >= 11 is 0. The third-order valence-electron chi connectivity index (χ3n) is 4.48. The van der Waals surface area contributed by atoms with Gasteiger partial charge in [-0.1, -0.05) is 32.8 Å². The lowest BCUT2D eigenvalue weighted by Gasteiger charge is -2.32. The van der Waals surface area contributed by atoms with Gasteiger partial charge >= 0.3 is 0 Å². The SMILES string of the molecule is CC(C)CCN(c1ccc(C(C)O)cc1F)C1CCCC1. The molecular formula is C18H28FNO.